The molecule has 3 nitrogen and oxygen atoms in total. The van der Waals surface area contributed by atoms with Crippen LogP contribution < -0.4 is 5.32 Å². The van der Waals surface area contributed by atoms with E-state index in [0.717, 1.165) is 12.1 Å². The molecule has 0 spiro atoms. The number of fused-ring (bicyclic) bond motifs is 1. The molecule has 1 aliphatic carbocycles. The van der Waals surface area contributed by atoms with Crippen LogP contribution in [0.4, 0.5) is 0 Å². The summed E-state index contributed by atoms with van der Waals surface area (Å²) in [4.78, 5) is 0. The lowest BCUT2D eigenvalue weighted by atomic mass is 9.79. The van der Waals surface area contributed by atoms with Gasteiger partial charge in [-0.3, -0.25) is 4.68 Å². The van der Waals surface area contributed by atoms with Gasteiger partial charge in [0.05, 0.1) is 11.7 Å². The third-order valence-corrected chi connectivity index (χ3v) is 4.22. The summed E-state index contributed by atoms with van der Waals surface area (Å²) in [5.74, 6) is 0.634. The molecule has 100 valence electrons. The Hall–Kier alpha value is -1.61. The van der Waals surface area contributed by atoms with Crippen LogP contribution in [0.15, 0.2) is 36.5 Å². The van der Waals surface area contributed by atoms with Crippen LogP contribution in [0, 0.1) is 5.92 Å². The van der Waals surface area contributed by atoms with E-state index in [1.54, 1.807) is 0 Å². The molecule has 1 aromatic carbocycles. The number of aromatic nitrogens is 2. The second-order valence-corrected chi connectivity index (χ2v) is 5.45. The van der Waals surface area contributed by atoms with Crippen LogP contribution in [-0.4, -0.2) is 16.8 Å². The summed E-state index contributed by atoms with van der Waals surface area (Å²) in [6, 6.07) is 11.3. The summed E-state index contributed by atoms with van der Waals surface area (Å²) in [5, 5.41) is 8.02. The van der Waals surface area contributed by atoms with Gasteiger partial charge in [0.2, 0.25) is 0 Å². The van der Waals surface area contributed by atoms with Crippen molar-refractivity contribution in [3.05, 3.63) is 53.3 Å². The zero-order valence-corrected chi connectivity index (χ0v) is 11.6. The molecular weight excluding hydrogens is 234 g/mol. The van der Waals surface area contributed by atoms with Crippen molar-refractivity contribution in [1.29, 1.82) is 0 Å². The molecule has 3 rings (SSSR count). The monoisotopic (exact) mass is 255 g/mol. The molecule has 0 fully saturated rings. The van der Waals surface area contributed by atoms with Crippen LogP contribution in [0.2, 0.25) is 0 Å². The van der Waals surface area contributed by atoms with Crippen molar-refractivity contribution < 1.29 is 0 Å². The summed E-state index contributed by atoms with van der Waals surface area (Å²) < 4.78 is 1.89. The summed E-state index contributed by atoms with van der Waals surface area (Å²) in [6.45, 7) is 0. The normalized spacial score (nSPS) is 20.0. The van der Waals surface area contributed by atoms with Crippen molar-refractivity contribution in [2.45, 2.75) is 25.3 Å². The molecule has 0 radical (unpaired) electrons. The van der Waals surface area contributed by atoms with E-state index in [1.165, 1.54) is 24.0 Å². The van der Waals surface area contributed by atoms with Gasteiger partial charge >= 0.3 is 0 Å². The van der Waals surface area contributed by atoms with E-state index in [1.807, 2.05) is 25.0 Å². The SMILES string of the molecule is CNC(c1ccn(C)n1)C1CCc2ccccc2C1. The van der Waals surface area contributed by atoms with Gasteiger partial charge in [0.1, 0.15) is 0 Å². The predicted molar refractivity (Wildman–Crippen MR) is 77.0 cm³/mol. The van der Waals surface area contributed by atoms with Gasteiger partial charge in [0.15, 0.2) is 0 Å². The first kappa shape index (κ1) is 12.4. The number of nitrogens with zero attached hydrogens (tertiary/aromatic N) is 2. The van der Waals surface area contributed by atoms with Gasteiger partial charge in [-0.15, -0.1) is 0 Å². The first-order chi connectivity index (χ1) is 9.28. The number of aryl methyl sites for hydroxylation is 2. The molecule has 0 amide bonds. The molecule has 3 heteroatoms. The zero-order valence-electron chi connectivity index (χ0n) is 11.6. The molecule has 1 aliphatic rings. The minimum absolute atomic E-state index is 0.356. The van der Waals surface area contributed by atoms with E-state index < -0.39 is 0 Å². The molecule has 2 unspecified atom stereocenters. The lowest BCUT2D eigenvalue weighted by molar-refractivity contribution is 0.334. The first-order valence-electron chi connectivity index (χ1n) is 7.01. The van der Waals surface area contributed by atoms with Crippen molar-refractivity contribution in [2.24, 2.45) is 13.0 Å². The van der Waals surface area contributed by atoms with Crippen LogP contribution >= 0.6 is 0 Å². The second kappa shape index (κ2) is 5.17. The molecule has 0 saturated carbocycles. The van der Waals surface area contributed by atoms with Gasteiger partial charge in [-0.05, 0) is 49.4 Å². The second-order valence-electron chi connectivity index (χ2n) is 5.45. The van der Waals surface area contributed by atoms with E-state index in [2.05, 4.69) is 40.7 Å². The summed E-state index contributed by atoms with van der Waals surface area (Å²) >= 11 is 0. The van der Waals surface area contributed by atoms with Crippen molar-refractivity contribution in [3.63, 3.8) is 0 Å². The van der Waals surface area contributed by atoms with Gasteiger partial charge in [0.25, 0.3) is 0 Å². The van der Waals surface area contributed by atoms with E-state index in [0.29, 0.717) is 12.0 Å². The van der Waals surface area contributed by atoms with Crippen LogP contribution in [-0.2, 0) is 19.9 Å². The molecule has 1 aromatic heterocycles. The third-order valence-electron chi connectivity index (χ3n) is 4.22. The Bertz CT molecular complexity index is 559. The van der Waals surface area contributed by atoms with Gasteiger partial charge in [0, 0.05) is 13.2 Å². The van der Waals surface area contributed by atoms with Crippen LogP contribution in [0.1, 0.15) is 29.3 Å². The highest BCUT2D eigenvalue weighted by atomic mass is 15.3. The Morgan fingerprint density at radius 3 is 2.74 bits per heavy atom. The van der Waals surface area contributed by atoms with E-state index in [-0.39, 0.29) is 0 Å². The van der Waals surface area contributed by atoms with Crippen molar-refractivity contribution in [2.75, 3.05) is 7.05 Å². The first-order valence-corrected chi connectivity index (χ1v) is 7.01. The van der Waals surface area contributed by atoms with Crippen LogP contribution in [0.5, 0.6) is 0 Å². The highest BCUT2D eigenvalue weighted by Crippen LogP contribution is 2.33. The molecule has 2 aromatic rings. The molecule has 0 saturated heterocycles. The fourth-order valence-corrected chi connectivity index (χ4v) is 3.23. The highest BCUT2D eigenvalue weighted by Gasteiger charge is 2.27. The molecular formula is C16H21N3. The smallest absolute Gasteiger partial charge is 0.0796 e. The largest absolute Gasteiger partial charge is 0.311 e. The molecule has 2 atom stereocenters. The Morgan fingerprint density at radius 2 is 2.05 bits per heavy atom. The molecule has 0 aliphatic heterocycles. The standard InChI is InChI=1S/C16H21N3/c1-17-16(15-9-10-19(2)18-15)14-8-7-12-5-3-4-6-13(12)11-14/h3-6,9-10,14,16-17H,7-8,11H2,1-2H3. The summed E-state index contributed by atoms with van der Waals surface area (Å²) in [6.07, 6.45) is 5.60. The van der Waals surface area contributed by atoms with Crippen molar-refractivity contribution in [3.8, 4) is 0 Å². The van der Waals surface area contributed by atoms with Gasteiger partial charge in [-0.25, -0.2) is 0 Å². The van der Waals surface area contributed by atoms with E-state index >= 15 is 0 Å². The quantitative estimate of drug-likeness (QED) is 0.913. The topological polar surface area (TPSA) is 29.9 Å². The van der Waals surface area contributed by atoms with Crippen molar-refractivity contribution >= 4 is 0 Å². The van der Waals surface area contributed by atoms with E-state index in [9.17, 15) is 0 Å². The Morgan fingerprint density at radius 1 is 1.26 bits per heavy atom. The number of hydrogen-bond donors (Lipinski definition) is 1. The van der Waals surface area contributed by atoms with Gasteiger partial charge in [-0.2, -0.15) is 5.10 Å². The van der Waals surface area contributed by atoms with Crippen LogP contribution in [0.3, 0.4) is 0 Å². The lowest BCUT2D eigenvalue weighted by Crippen LogP contribution is -2.30. The predicted octanol–water partition coefficient (Wildman–Crippen LogP) is 2.49. The minimum atomic E-state index is 0.356. The van der Waals surface area contributed by atoms with Gasteiger partial charge in [-0.1, -0.05) is 24.3 Å². The maximum atomic E-state index is 4.57. The third kappa shape index (κ3) is 2.43. The Balaban J connectivity index is 1.83. The lowest BCUT2D eigenvalue weighted by Gasteiger charge is -2.30. The maximum absolute atomic E-state index is 4.57. The summed E-state index contributed by atoms with van der Waals surface area (Å²) in [5.41, 5.74) is 4.19. The minimum Gasteiger partial charge on any atom is -0.311 e. The average molecular weight is 255 g/mol. The molecule has 1 N–H and O–H groups in total. The number of hydrogen-bond acceptors (Lipinski definition) is 2. The van der Waals surface area contributed by atoms with E-state index in [4.69, 9.17) is 0 Å². The van der Waals surface area contributed by atoms with Crippen molar-refractivity contribution in [1.82, 2.24) is 15.1 Å². The summed E-state index contributed by atoms with van der Waals surface area (Å²) in [7, 11) is 4.02. The Labute approximate surface area is 114 Å². The number of benzene rings is 1. The highest BCUT2D eigenvalue weighted by molar-refractivity contribution is 5.30. The maximum Gasteiger partial charge on any atom is 0.0796 e. The molecule has 0 bridgehead atoms. The molecule has 1 heterocycles. The molecule has 19 heavy (non-hydrogen) atoms. The average Bonchev–Trinajstić information content (AvgIpc) is 2.86. The Kier molecular flexibility index (Phi) is 3.38. The van der Waals surface area contributed by atoms with Gasteiger partial charge < -0.3 is 5.32 Å². The number of rotatable bonds is 3. The fourth-order valence-electron chi connectivity index (χ4n) is 3.23. The number of nitrogens with one attached hydrogen (secondary N) is 1. The van der Waals surface area contributed by atoms with Crippen LogP contribution in [0.25, 0.3) is 0 Å². The fraction of sp³-hybridized carbons (Fsp3) is 0.438. The zero-order chi connectivity index (χ0) is 13.2.